The molecule has 9 heteroatoms. The molecule has 21 heavy (non-hydrogen) atoms. The number of rotatable bonds is 5. The molecular formula is C12H15BrN4O3S. The maximum Gasteiger partial charge on any atom is 0.261 e. The molecule has 0 aliphatic rings. The third-order valence-electron chi connectivity index (χ3n) is 2.93. The Hall–Kier alpha value is -1.45. The van der Waals surface area contributed by atoms with Crippen molar-refractivity contribution < 1.29 is 13.2 Å². The first-order valence-electron chi connectivity index (χ1n) is 6.07. The molecule has 1 heterocycles. The molecule has 0 saturated carbocycles. The summed E-state index contributed by atoms with van der Waals surface area (Å²) >= 11 is 3.09. The van der Waals surface area contributed by atoms with Gasteiger partial charge in [-0.15, -0.1) is 5.10 Å². The highest BCUT2D eigenvalue weighted by molar-refractivity contribution is 9.10. The molecule has 0 aliphatic heterocycles. The second kappa shape index (κ2) is 6.12. The van der Waals surface area contributed by atoms with Crippen molar-refractivity contribution in [1.82, 2.24) is 19.7 Å². The lowest BCUT2D eigenvalue weighted by Crippen LogP contribution is -2.29. The Morgan fingerprint density at radius 1 is 1.38 bits per heavy atom. The van der Waals surface area contributed by atoms with Gasteiger partial charge in [0, 0.05) is 18.7 Å². The summed E-state index contributed by atoms with van der Waals surface area (Å²) in [6.07, 6.45) is 0. The van der Waals surface area contributed by atoms with Gasteiger partial charge in [0.1, 0.15) is 5.75 Å². The zero-order chi connectivity index (χ0) is 15.6. The van der Waals surface area contributed by atoms with E-state index in [0.717, 1.165) is 5.56 Å². The first-order chi connectivity index (χ1) is 9.86. The SMILES string of the molecule is COc1ccccc1C(C)NS(=O)(=O)c1c(Br)nnn1C. The fourth-order valence-corrected chi connectivity index (χ4v) is 4.30. The monoisotopic (exact) mass is 374 g/mol. The van der Waals surface area contributed by atoms with E-state index < -0.39 is 16.1 Å². The van der Waals surface area contributed by atoms with Gasteiger partial charge >= 0.3 is 0 Å². The van der Waals surface area contributed by atoms with Crippen molar-refractivity contribution in [3.05, 3.63) is 34.4 Å². The number of para-hydroxylation sites is 1. The van der Waals surface area contributed by atoms with Crippen molar-refractivity contribution in [2.75, 3.05) is 7.11 Å². The van der Waals surface area contributed by atoms with E-state index in [1.54, 1.807) is 20.1 Å². The van der Waals surface area contributed by atoms with Gasteiger partial charge in [-0.25, -0.2) is 17.8 Å². The van der Waals surface area contributed by atoms with Gasteiger partial charge in [0.25, 0.3) is 10.0 Å². The fraction of sp³-hybridized carbons (Fsp3) is 0.333. The number of aromatic nitrogens is 3. The summed E-state index contributed by atoms with van der Waals surface area (Å²) in [7, 11) is -0.708. The Morgan fingerprint density at radius 3 is 2.62 bits per heavy atom. The summed E-state index contributed by atoms with van der Waals surface area (Å²) in [6, 6.07) is 6.77. The van der Waals surface area contributed by atoms with Gasteiger partial charge in [-0.1, -0.05) is 23.4 Å². The lowest BCUT2D eigenvalue weighted by Gasteiger charge is -2.17. The number of aryl methyl sites for hydroxylation is 1. The molecule has 0 aliphatic carbocycles. The summed E-state index contributed by atoms with van der Waals surface area (Å²) < 4.78 is 34.1. The zero-order valence-electron chi connectivity index (χ0n) is 11.7. The number of benzene rings is 1. The third-order valence-corrected chi connectivity index (χ3v) is 5.36. The highest BCUT2D eigenvalue weighted by Gasteiger charge is 2.26. The number of halogens is 1. The maximum atomic E-state index is 12.4. The predicted octanol–water partition coefficient (Wildman–Crippen LogP) is 1.63. The topological polar surface area (TPSA) is 86.1 Å². The molecule has 0 spiro atoms. The van der Waals surface area contributed by atoms with Crippen molar-refractivity contribution >= 4 is 26.0 Å². The fourth-order valence-electron chi connectivity index (χ4n) is 1.98. The lowest BCUT2D eigenvalue weighted by atomic mass is 10.1. The molecule has 0 saturated heterocycles. The van der Waals surface area contributed by atoms with E-state index in [9.17, 15) is 8.42 Å². The Labute approximate surface area is 131 Å². The first-order valence-corrected chi connectivity index (χ1v) is 8.35. The molecular weight excluding hydrogens is 360 g/mol. The molecule has 2 aromatic rings. The molecule has 114 valence electrons. The average molecular weight is 375 g/mol. The summed E-state index contributed by atoms with van der Waals surface area (Å²) in [6.45, 7) is 1.74. The largest absolute Gasteiger partial charge is 0.496 e. The van der Waals surface area contributed by atoms with Crippen LogP contribution >= 0.6 is 15.9 Å². The highest BCUT2D eigenvalue weighted by atomic mass is 79.9. The van der Waals surface area contributed by atoms with Crippen molar-refractivity contribution in [1.29, 1.82) is 0 Å². The van der Waals surface area contributed by atoms with Gasteiger partial charge in [-0.3, -0.25) is 0 Å². The minimum atomic E-state index is -3.77. The van der Waals surface area contributed by atoms with Crippen LogP contribution < -0.4 is 9.46 Å². The minimum Gasteiger partial charge on any atom is -0.496 e. The number of sulfonamides is 1. The molecule has 0 amide bonds. The number of nitrogens with one attached hydrogen (secondary N) is 1. The van der Waals surface area contributed by atoms with E-state index in [-0.39, 0.29) is 9.63 Å². The van der Waals surface area contributed by atoms with E-state index >= 15 is 0 Å². The van der Waals surface area contributed by atoms with Gasteiger partial charge in [0.05, 0.1) is 7.11 Å². The van der Waals surface area contributed by atoms with Gasteiger partial charge in [0.15, 0.2) is 4.60 Å². The normalized spacial score (nSPS) is 13.1. The number of nitrogens with zero attached hydrogens (tertiary/aromatic N) is 3. The minimum absolute atomic E-state index is 0.0238. The number of hydrogen-bond donors (Lipinski definition) is 1. The highest BCUT2D eigenvalue weighted by Crippen LogP contribution is 2.26. The van der Waals surface area contributed by atoms with Crippen LogP contribution in [0.1, 0.15) is 18.5 Å². The van der Waals surface area contributed by atoms with Crippen molar-refractivity contribution in [3.8, 4) is 5.75 Å². The predicted molar refractivity (Wildman–Crippen MR) is 80.4 cm³/mol. The zero-order valence-corrected chi connectivity index (χ0v) is 14.1. The van der Waals surface area contributed by atoms with Gasteiger partial charge in [-0.05, 0) is 28.9 Å². The summed E-state index contributed by atoms with van der Waals surface area (Å²) in [4.78, 5) is 0. The first kappa shape index (κ1) is 15.9. The van der Waals surface area contributed by atoms with Crippen LogP contribution in [-0.2, 0) is 17.1 Å². The summed E-state index contributed by atoms with van der Waals surface area (Å²) in [5.41, 5.74) is 0.745. The molecule has 1 aromatic carbocycles. The smallest absolute Gasteiger partial charge is 0.261 e. The standard InChI is InChI=1S/C12H15BrN4O3S/c1-8(9-6-4-5-7-10(9)20-3)15-21(18,19)12-11(13)14-16-17(12)2/h4-8,15H,1-3H3. The van der Waals surface area contributed by atoms with Crippen LogP contribution in [-0.4, -0.2) is 30.5 Å². The lowest BCUT2D eigenvalue weighted by molar-refractivity contribution is 0.405. The second-order valence-corrected chi connectivity index (χ2v) is 6.77. The van der Waals surface area contributed by atoms with Crippen LogP contribution in [0.3, 0.4) is 0 Å². The molecule has 7 nitrogen and oxygen atoms in total. The second-order valence-electron chi connectivity index (χ2n) is 4.39. The molecule has 1 atom stereocenters. The Kier molecular flexibility index (Phi) is 4.64. The van der Waals surface area contributed by atoms with Gasteiger partial charge in [-0.2, -0.15) is 0 Å². The van der Waals surface area contributed by atoms with Crippen LogP contribution in [0.5, 0.6) is 5.75 Å². The number of methoxy groups -OCH3 is 1. The van der Waals surface area contributed by atoms with E-state index in [4.69, 9.17) is 4.74 Å². The summed E-state index contributed by atoms with van der Waals surface area (Å²) in [5, 5.41) is 7.33. The molecule has 0 radical (unpaired) electrons. The van der Waals surface area contributed by atoms with Crippen LogP contribution in [0.25, 0.3) is 0 Å². The van der Waals surface area contributed by atoms with Gasteiger partial charge < -0.3 is 4.74 Å². The molecule has 1 unspecified atom stereocenters. The van der Waals surface area contributed by atoms with Crippen LogP contribution in [0.4, 0.5) is 0 Å². The van der Waals surface area contributed by atoms with Crippen LogP contribution in [0.2, 0.25) is 0 Å². The van der Waals surface area contributed by atoms with Crippen LogP contribution in [0, 0.1) is 0 Å². The molecule has 0 fully saturated rings. The van der Waals surface area contributed by atoms with E-state index in [1.807, 2.05) is 18.2 Å². The maximum absolute atomic E-state index is 12.4. The Bertz CT molecular complexity index is 725. The summed E-state index contributed by atoms with van der Waals surface area (Å²) in [5.74, 6) is 0.620. The Balaban J connectivity index is 2.33. The van der Waals surface area contributed by atoms with Crippen LogP contribution in [0.15, 0.2) is 33.9 Å². The van der Waals surface area contributed by atoms with E-state index in [1.165, 1.54) is 11.7 Å². The van der Waals surface area contributed by atoms with Crippen molar-refractivity contribution in [3.63, 3.8) is 0 Å². The molecule has 1 aromatic heterocycles. The van der Waals surface area contributed by atoms with Crippen molar-refractivity contribution in [2.24, 2.45) is 7.05 Å². The Morgan fingerprint density at radius 2 is 2.05 bits per heavy atom. The van der Waals surface area contributed by atoms with E-state index in [2.05, 4.69) is 31.0 Å². The van der Waals surface area contributed by atoms with Gasteiger partial charge in [0.2, 0.25) is 5.03 Å². The number of hydrogen-bond acceptors (Lipinski definition) is 5. The average Bonchev–Trinajstić information content (AvgIpc) is 2.78. The molecule has 2 rings (SSSR count). The van der Waals surface area contributed by atoms with Crippen molar-refractivity contribution in [2.45, 2.75) is 18.0 Å². The number of ether oxygens (including phenoxy) is 1. The quantitative estimate of drug-likeness (QED) is 0.859. The molecule has 1 N–H and O–H groups in total. The third kappa shape index (κ3) is 3.25. The molecule has 0 bridgehead atoms. The van der Waals surface area contributed by atoms with E-state index in [0.29, 0.717) is 5.75 Å².